The first-order chi connectivity index (χ1) is 21.8. The number of phenols is 1. The highest BCUT2D eigenvalue weighted by Gasteiger charge is 2.24. The molecule has 0 fully saturated rings. The molecule has 1 aromatic heterocycles. The number of pyridine rings is 1. The zero-order valence-electron chi connectivity index (χ0n) is 28.5. The van der Waals surface area contributed by atoms with Gasteiger partial charge in [0.1, 0.15) is 22.7 Å². The number of carboxylic acids is 1. The monoisotopic (exact) mass is 659 g/mol. The molecule has 0 aliphatic heterocycles. The molecule has 47 heavy (non-hydrogen) atoms. The van der Waals surface area contributed by atoms with Gasteiger partial charge in [0.05, 0.1) is 32.3 Å². The largest absolute Gasteiger partial charge is 0.508 e. The van der Waals surface area contributed by atoms with Gasteiger partial charge >= 0.3 is 23.9 Å². The van der Waals surface area contributed by atoms with Gasteiger partial charge in [-0.05, 0) is 71.7 Å². The van der Waals surface area contributed by atoms with E-state index >= 15 is 0 Å². The van der Waals surface area contributed by atoms with Gasteiger partial charge in [0.15, 0.2) is 0 Å². The number of nitrogens with zero attached hydrogens (tertiary/aromatic N) is 3. The van der Waals surface area contributed by atoms with Crippen LogP contribution in [0.1, 0.15) is 76.9 Å². The second kappa shape index (κ2) is 17.6. The standard InChI is InChI=1S/C34H49N3O10/c1-33(2,3)46-31(43)21-36(19-24-18-23(8-12-27(24)38)9-15-30(42)45-7)16-17-37(22-32(44)47-34(4,5)6)20-26-28(39)13-10-25(35-26)11-14-29(40)41/h8,10,12-13,18,38-39H,9,11,14-17,19-22H2,1-7H3,(H,40,41). The summed E-state index contributed by atoms with van der Waals surface area (Å²) in [6.45, 7) is 10.9. The van der Waals surface area contributed by atoms with E-state index in [-0.39, 0.29) is 81.7 Å². The van der Waals surface area contributed by atoms with Crippen LogP contribution in [0.15, 0.2) is 30.3 Å². The molecule has 260 valence electrons. The minimum absolute atomic E-state index is 0.0129. The lowest BCUT2D eigenvalue weighted by atomic mass is 10.0. The summed E-state index contributed by atoms with van der Waals surface area (Å²) in [6, 6.07) is 8.01. The maximum absolute atomic E-state index is 12.9. The predicted octanol–water partition coefficient (Wildman–Crippen LogP) is 3.60. The summed E-state index contributed by atoms with van der Waals surface area (Å²) in [7, 11) is 1.32. The Bertz CT molecular complexity index is 1380. The molecule has 13 nitrogen and oxygen atoms in total. The van der Waals surface area contributed by atoms with Crippen molar-refractivity contribution in [3.8, 4) is 11.5 Å². The maximum atomic E-state index is 12.9. The van der Waals surface area contributed by atoms with E-state index < -0.39 is 29.1 Å². The van der Waals surface area contributed by atoms with Gasteiger partial charge in [0.2, 0.25) is 0 Å². The third-order valence-corrected chi connectivity index (χ3v) is 6.64. The molecule has 0 amide bonds. The van der Waals surface area contributed by atoms with Gasteiger partial charge < -0.3 is 29.5 Å². The second-order valence-corrected chi connectivity index (χ2v) is 13.3. The van der Waals surface area contributed by atoms with Crippen LogP contribution in [-0.4, -0.2) is 98.5 Å². The summed E-state index contributed by atoms with van der Waals surface area (Å²) < 4.78 is 15.8. The molecule has 0 unspecified atom stereocenters. The Labute approximate surface area is 276 Å². The summed E-state index contributed by atoms with van der Waals surface area (Å²) in [5.74, 6) is -2.42. The van der Waals surface area contributed by atoms with Crippen LogP contribution in [0, 0.1) is 0 Å². The number of aromatic hydroxyl groups is 2. The Hall–Kier alpha value is -4.23. The van der Waals surface area contributed by atoms with E-state index in [2.05, 4.69) is 4.98 Å². The molecular weight excluding hydrogens is 610 g/mol. The first kappa shape index (κ1) is 39.0. The Morgan fingerprint density at radius 3 is 1.83 bits per heavy atom. The van der Waals surface area contributed by atoms with Crippen molar-refractivity contribution in [1.82, 2.24) is 14.8 Å². The molecule has 0 saturated carbocycles. The number of phenolic OH excluding ortho intramolecular Hbond substituents is 1. The number of esters is 3. The number of rotatable bonds is 17. The fraction of sp³-hybridized carbons (Fsp3) is 0.559. The van der Waals surface area contributed by atoms with Crippen LogP contribution in [0.3, 0.4) is 0 Å². The molecule has 2 rings (SSSR count). The van der Waals surface area contributed by atoms with Crippen LogP contribution in [0.25, 0.3) is 0 Å². The topological polar surface area (TPSA) is 176 Å². The number of carbonyl (C=O) groups excluding carboxylic acids is 3. The lowest BCUT2D eigenvalue weighted by molar-refractivity contribution is -0.158. The van der Waals surface area contributed by atoms with E-state index in [1.807, 2.05) is 0 Å². The summed E-state index contributed by atoms with van der Waals surface area (Å²) in [5.41, 5.74) is 0.601. The second-order valence-electron chi connectivity index (χ2n) is 13.3. The zero-order chi connectivity index (χ0) is 35.4. The highest BCUT2D eigenvalue weighted by atomic mass is 16.6. The van der Waals surface area contributed by atoms with Crippen LogP contribution in [0.2, 0.25) is 0 Å². The highest BCUT2D eigenvalue weighted by molar-refractivity contribution is 5.73. The molecule has 2 aromatic rings. The van der Waals surface area contributed by atoms with Crippen LogP contribution in [0.5, 0.6) is 11.5 Å². The smallest absolute Gasteiger partial charge is 0.320 e. The van der Waals surface area contributed by atoms with E-state index in [0.717, 1.165) is 5.56 Å². The van der Waals surface area contributed by atoms with Crippen LogP contribution >= 0.6 is 0 Å². The fourth-order valence-electron chi connectivity index (χ4n) is 4.58. The number of carbonyl (C=O) groups is 4. The first-order valence-corrected chi connectivity index (χ1v) is 15.5. The average molecular weight is 660 g/mol. The van der Waals surface area contributed by atoms with E-state index in [4.69, 9.17) is 19.3 Å². The number of hydrogen-bond acceptors (Lipinski definition) is 12. The molecule has 13 heteroatoms. The quantitative estimate of drug-likeness (QED) is 0.166. The number of aromatic nitrogens is 1. The Morgan fingerprint density at radius 1 is 0.745 bits per heavy atom. The molecule has 0 spiro atoms. The molecule has 1 aromatic carbocycles. The zero-order valence-corrected chi connectivity index (χ0v) is 28.5. The highest BCUT2D eigenvalue weighted by Crippen LogP contribution is 2.23. The molecule has 0 saturated heterocycles. The molecular formula is C34H49N3O10. The maximum Gasteiger partial charge on any atom is 0.320 e. The number of aliphatic carboxylic acids is 1. The van der Waals surface area contributed by atoms with Gasteiger partial charge in [-0.2, -0.15) is 0 Å². The van der Waals surface area contributed by atoms with Crippen molar-refractivity contribution < 1.29 is 48.7 Å². The van der Waals surface area contributed by atoms with Gasteiger partial charge in [-0.1, -0.05) is 12.1 Å². The molecule has 0 aliphatic carbocycles. The van der Waals surface area contributed by atoms with Crippen LogP contribution < -0.4 is 0 Å². The van der Waals surface area contributed by atoms with Crippen molar-refractivity contribution in [2.75, 3.05) is 33.3 Å². The lowest BCUT2D eigenvalue weighted by Gasteiger charge is -2.29. The van der Waals surface area contributed by atoms with Crippen LogP contribution in [0.4, 0.5) is 0 Å². The van der Waals surface area contributed by atoms with Gasteiger partial charge in [-0.3, -0.25) is 34.0 Å². The minimum atomic E-state index is -0.974. The van der Waals surface area contributed by atoms with Gasteiger partial charge in [-0.25, -0.2) is 0 Å². The van der Waals surface area contributed by atoms with Crippen LogP contribution in [-0.2, 0) is 59.3 Å². The Balaban J connectivity index is 2.36. The number of carboxylic acid groups (broad SMARTS) is 1. The summed E-state index contributed by atoms with van der Waals surface area (Å²) in [4.78, 5) is 56.5. The van der Waals surface area contributed by atoms with Crippen molar-refractivity contribution in [2.45, 2.75) is 91.5 Å². The predicted molar refractivity (Wildman–Crippen MR) is 173 cm³/mol. The third-order valence-electron chi connectivity index (χ3n) is 6.64. The number of hydrogen-bond donors (Lipinski definition) is 3. The van der Waals surface area contributed by atoms with Gasteiger partial charge in [-0.15, -0.1) is 0 Å². The molecule has 0 aliphatic rings. The number of benzene rings is 1. The summed E-state index contributed by atoms with van der Waals surface area (Å²) >= 11 is 0. The lowest BCUT2D eigenvalue weighted by Crippen LogP contribution is -2.41. The van der Waals surface area contributed by atoms with Crippen molar-refractivity contribution in [2.24, 2.45) is 0 Å². The molecule has 1 heterocycles. The van der Waals surface area contributed by atoms with Gasteiger partial charge in [0.25, 0.3) is 0 Å². The molecule has 0 radical (unpaired) electrons. The fourth-order valence-corrected chi connectivity index (χ4v) is 4.58. The van der Waals surface area contributed by atoms with E-state index in [9.17, 15) is 29.4 Å². The molecule has 3 N–H and O–H groups in total. The Morgan fingerprint density at radius 2 is 1.30 bits per heavy atom. The SMILES string of the molecule is COC(=O)CCc1ccc(O)c(CN(CCN(CC(=O)OC(C)(C)C)Cc2nc(CCC(=O)O)ccc2O)CC(=O)OC(C)(C)C)c1. The minimum Gasteiger partial charge on any atom is -0.508 e. The average Bonchev–Trinajstić information content (AvgIpc) is 2.94. The summed E-state index contributed by atoms with van der Waals surface area (Å²) in [5, 5.41) is 30.3. The normalized spacial score (nSPS) is 11.9. The molecule has 0 atom stereocenters. The number of aryl methyl sites for hydroxylation is 2. The van der Waals surface area contributed by atoms with E-state index in [0.29, 0.717) is 17.7 Å². The van der Waals surface area contributed by atoms with E-state index in [1.54, 1.807) is 69.5 Å². The number of ether oxygens (including phenoxy) is 3. The number of methoxy groups -OCH3 is 1. The van der Waals surface area contributed by atoms with Crippen molar-refractivity contribution >= 4 is 23.9 Å². The van der Waals surface area contributed by atoms with Crippen molar-refractivity contribution in [3.63, 3.8) is 0 Å². The third kappa shape index (κ3) is 15.7. The summed E-state index contributed by atoms with van der Waals surface area (Å²) in [6.07, 6.45) is 0.605. The first-order valence-electron chi connectivity index (χ1n) is 15.5. The van der Waals surface area contributed by atoms with Gasteiger partial charge in [0, 0.05) is 50.3 Å². The van der Waals surface area contributed by atoms with Crippen molar-refractivity contribution in [1.29, 1.82) is 0 Å². The Kier molecular flexibility index (Phi) is 14.6. The molecule has 0 bridgehead atoms. The van der Waals surface area contributed by atoms with E-state index in [1.165, 1.54) is 19.2 Å². The van der Waals surface area contributed by atoms with Crippen molar-refractivity contribution in [3.05, 3.63) is 52.8 Å².